The van der Waals surface area contributed by atoms with Gasteiger partial charge in [-0.2, -0.15) is 0 Å². The van der Waals surface area contributed by atoms with Crippen molar-refractivity contribution in [3.63, 3.8) is 0 Å². The van der Waals surface area contributed by atoms with Crippen LogP contribution in [0.5, 0.6) is 5.75 Å². The summed E-state index contributed by atoms with van der Waals surface area (Å²) < 4.78 is 6.25. The zero-order valence-electron chi connectivity index (χ0n) is 29.9. The molecule has 0 aliphatic heterocycles. The summed E-state index contributed by atoms with van der Waals surface area (Å²) >= 11 is 3.53. The van der Waals surface area contributed by atoms with Gasteiger partial charge in [0.05, 0.1) is 6.61 Å². The number of alkyl halides is 1. The lowest BCUT2D eigenvalue weighted by Crippen LogP contribution is -2.53. The predicted octanol–water partition coefficient (Wildman–Crippen LogP) is 12.3. The minimum absolute atomic E-state index is 0.446. The van der Waals surface area contributed by atoms with Gasteiger partial charge in [0.1, 0.15) is 5.75 Å². The summed E-state index contributed by atoms with van der Waals surface area (Å²) in [6.07, 6.45) is 24.4. The lowest BCUT2D eigenvalue weighted by molar-refractivity contribution is -0.131. The van der Waals surface area contributed by atoms with Crippen molar-refractivity contribution < 1.29 is 14.6 Å². The van der Waals surface area contributed by atoms with Crippen LogP contribution in [0, 0.1) is 52.3 Å². The van der Waals surface area contributed by atoms with Crippen LogP contribution in [-0.2, 0) is 4.79 Å². The van der Waals surface area contributed by atoms with Crippen molar-refractivity contribution in [3.8, 4) is 5.75 Å². The number of carboxylic acids is 1. The van der Waals surface area contributed by atoms with E-state index in [1.807, 2.05) is 12.1 Å². The van der Waals surface area contributed by atoms with E-state index < -0.39 is 5.97 Å². The molecule has 4 saturated carbocycles. The number of hydrogen-bond acceptors (Lipinski definition) is 2. The van der Waals surface area contributed by atoms with Crippen LogP contribution in [0.25, 0.3) is 6.08 Å². The number of fused-ring (bicyclic) bond motifs is 5. The van der Waals surface area contributed by atoms with Crippen molar-refractivity contribution in [2.45, 2.75) is 143 Å². The molecule has 0 amide bonds. The fourth-order valence-electron chi connectivity index (χ4n) is 11.6. The van der Waals surface area contributed by atoms with Gasteiger partial charge in [0.15, 0.2) is 0 Å². The number of benzene rings is 1. The lowest BCUT2D eigenvalue weighted by atomic mass is 9.43. The molecule has 0 heterocycles. The molecule has 1 aromatic rings. The molecule has 3 nitrogen and oxygen atoms in total. The van der Waals surface area contributed by atoms with E-state index in [-0.39, 0.29) is 0 Å². The summed E-state index contributed by atoms with van der Waals surface area (Å²) in [5.74, 6) is 6.66. The highest BCUT2D eigenvalue weighted by molar-refractivity contribution is 9.09. The van der Waals surface area contributed by atoms with Gasteiger partial charge in [-0.25, -0.2) is 4.79 Å². The van der Waals surface area contributed by atoms with E-state index in [2.05, 4.69) is 62.7 Å². The van der Waals surface area contributed by atoms with Gasteiger partial charge in [0, 0.05) is 11.4 Å². The standard InChI is InChI=1S/C42H65BrO3/c1-29(2)11-10-12-30(3)37-18-19-38-35-17-15-33-27-32(21-23-41(33,4)39(35)22-24-42(37,38)5)36-28-34(46-26-9-7-6-8-25-43)16-13-31(36)14-20-40(44)45/h13-14,16,20,28-30,32-33,35,37-39H,6-12,15,17-19,21-27H2,1-5H3,(H,44,45)/b20-14+/t30-,32?,33?,35+,37-,38+,39+,41+,42-/m1/s1. The third-order valence-electron chi connectivity index (χ3n) is 14.1. The molecule has 9 atom stereocenters. The second-order valence-electron chi connectivity index (χ2n) is 17.1. The third kappa shape index (κ3) is 7.94. The number of halogens is 1. The fourth-order valence-corrected chi connectivity index (χ4v) is 12.0. The molecular formula is C42H65BrO3. The molecule has 4 aliphatic rings. The number of rotatable bonds is 15. The Morgan fingerprint density at radius 3 is 2.46 bits per heavy atom. The zero-order chi connectivity index (χ0) is 32.9. The van der Waals surface area contributed by atoms with Crippen molar-refractivity contribution in [2.24, 2.45) is 52.3 Å². The Hall–Kier alpha value is -1.29. The number of carbonyl (C=O) groups is 1. The molecule has 1 N–H and O–H groups in total. The van der Waals surface area contributed by atoms with Gasteiger partial charge >= 0.3 is 5.97 Å². The molecule has 0 bridgehead atoms. The normalized spacial score (nSPS) is 34.7. The van der Waals surface area contributed by atoms with E-state index in [0.717, 1.165) is 71.1 Å². The van der Waals surface area contributed by atoms with E-state index in [4.69, 9.17) is 4.74 Å². The predicted molar refractivity (Wildman–Crippen MR) is 197 cm³/mol. The molecule has 0 saturated heterocycles. The highest BCUT2D eigenvalue weighted by Crippen LogP contribution is 2.69. The van der Waals surface area contributed by atoms with Crippen molar-refractivity contribution in [1.82, 2.24) is 0 Å². The molecule has 0 spiro atoms. The first-order chi connectivity index (χ1) is 22.1. The molecule has 258 valence electrons. The van der Waals surface area contributed by atoms with E-state index in [9.17, 15) is 9.90 Å². The zero-order valence-corrected chi connectivity index (χ0v) is 31.5. The van der Waals surface area contributed by atoms with Crippen LogP contribution in [0.4, 0.5) is 0 Å². The molecule has 0 radical (unpaired) electrons. The largest absolute Gasteiger partial charge is 0.494 e. The summed E-state index contributed by atoms with van der Waals surface area (Å²) in [5, 5.41) is 10.5. The van der Waals surface area contributed by atoms with Crippen molar-refractivity contribution >= 4 is 28.0 Å². The van der Waals surface area contributed by atoms with Crippen molar-refractivity contribution in [1.29, 1.82) is 0 Å². The van der Waals surface area contributed by atoms with Crippen LogP contribution < -0.4 is 4.74 Å². The lowest BCUT2D eigenvalue weighted by Gasteiger charge is -2.61. The third-order valence-corrected chi connectivity index (χ3v) is 14.6. The monoisotopic (exact) mass is 696 g/mol. The molecule has 1 aromatic carbocycles. The van der Waals surface area contributed by atoms with Crippen LogP contribution >= 0.6 is 15.9 Å². The topological polar surface area (TPSA) is 46.5 Å². The minimum atomic E-state index is -0.882. The average molecular weight is 698 g/mol. The molecular weight excluding hydrogens is 632 g/mol. The highest BCUT2D eigenvalue weighted by atomic mass is 79.9. The molecule has 2 unspecified atom stereocenters. The second kappa shape index (κ2) is 15.9. The Morgan fingerprint density at radius 1 is 0.935 bits per heavy atom. The molecule has 46 heavy (non-hydrogen) atoms. The van der Waals surface area contributed by atoms with Gasteiger partial charge in [-0.05, 0) is 158 Å². The first-order valence-corrected chi connectivity index (χ1v) is 20.4. The van der Waals surface area contributed by atoms with E-state index in [1.165, 1.54) is 108 Å². The van der Waals surface area contributed by atoms with Crippen LogP contribution in [0.1, 0.15) is 154 Å². The van der Waals surface area contributed by atoms with Crippen molar-refractivity contribution in [2.75, 3.05) is 11.9 Å². The second-order valence-corrected chi connectivity index (χ2v) is 17.9. The smallest absolute Gasteiger partial charge is 0.328 e. The summed E-state index contributed by atoms with van der Waals surface area (Å²) in [7, 11) is 0. The van der Waals surface area contributed by atoms with Gasteiger partial charge in [-0.1, -0.05) is 88.7 Å². The summed E-state index contributed by atoms with van der Waals surface area (Å²) in [6, 6.07) is 6.40. The number of unbranched alkanes of at least 4 members (excludes halogenated alkanes) is 3. The fraction of sp³-hybridized carbons (Fsp3) is 0.786. The Morgan fingerprint density at radius 2 is 1.70 bits per heavy atom. The first-order valence-electron chi connectivity index (χ1n) is 19.3. The van der Waals surface area contributed by atoms with Gasteiger partial charge in [0.2, 0.25) is 0 Å². The summed E-state index contributed by atoms with van der Waals surface area (Å²) in [5.41, 5.74) is 3.36. The summed E-state index contributed by atoms with van der Waals surface area (Å²) in [4.78, 5) is 11.5. The molecule has 4 aliphatic carbocycles. The average Bonchev–Trinajstić information content (AvgIpc) is 3.38. The van der Waals surface area contributed by atoms with Crippen LogP contribution in [0.3, 0.4) is 0 Å². The molecule has 0 aromatic heterocycles. The molecule has 4 heteroatoms. The molecule has 5 rings (SSSR count). The quantitative estimate of drug-likeness (QED) is 0.113. The SMILES string of the molecule is CC(C)CCC[C@@H](C)[C@H]1CC[C@H]2[C@@H]3CCC4CC(c5cc(OCCCCCCBr)ccc5/C=C/C(=O)O)CC[C@]4(C)[C@H]3CC[C@]12C. The first kappa shape index (κ1) is 36.0. The van der Waals surface area contributed by atoms with E-state index >= 15 is 0 Å². The Kier molecular flexibility index (Phi) is 12.5. The Balaban J connectivity index is 1.26. The van der Waals surface area contributed by atoms with Crippen LogP contribution in [-0.4, -0.2) is 23.0 Å². The van der Waals surface area contributed by atoms with E-state index in [0.29, 0.717) is 16.7 Å². The minimum Gasteiger partial charge on any atom is -0.494 e. The van der Waals surface area contributed by atoms with Gasteiger partial charge in [0.25, 0.3) is 0 Å². The highest BCUT2D eigenvalue weighted by Gasteiger charge is 2.60. The number of carboxylic acid groups (broad SMARTS) is 1. The number of ether oxygens (including phenoxy) is 1. The van der Waals surface area contributed by atoms with Crippen LogP contribution in [0.15, 0.2) is 24.3 Å². The van der Waals surface area contributed by atoms with Gasteiger partial charge in [-0.3, -0.25) is 0 Å². The van der Waals surface area contributed by atoms with Gasteiger partial charge in [-0.15, -0.1) is 0 Å². The maximum Gasteiger partial charge on any atom is 0.328 e. The maximum absolute atomic E-state index is 11.5. The Labute approximate surface area is 290 Å². The number of aliphatic carboxylic acids is 1. The Bertz CT molecular complexity index is 1180. The summed E-state index contributed by atoms with van der Waals surface area (Å²) in [6.45, 7) is 13.5. The van der Waals surface area contributed by atoms with E-state index in [1.54, 1.807) is 0 Å². The maximum atomic E-state index is 11.5. The van der Waals surface area contributed by atoms with Crippen LogP contribution in [0.2, 0.25) is 0 Å². The number of hydrogen-bond donors (Lipinski definition) is 1. The molecule has 4 fully saturated rings. The van der Waals surface area contributed by atoms with Crippen molar-refractivity contribution in [3.05, 3.63) is 35.4 Å². The van der Waals surface area contributed by atoms with Gasteiger partial charge < -0.3 is 9.84 Å².